The monoisotopic (exact) mass is 222 g/mol. The Hall–Kier alpha value is -0.520. The van der Waals surface area contributed by atoms with Gasteiger partial charge in [0.2, 0.25) is 0 Å². The fourth-order valence-corrected chi connectivity index (χ4v) is 2.28. The zero-order valence-electron chi connectivity index (χ0n) is 11.0. The van der Waals surface area contributed by atoms with E-state index in [4.69, 9.17) is 6.42 Å². The van der Waals surface area contributed by atoms with E-state index in [-0.39, 0.29) is 0 Å². The van der Waals surface area contributed by atoms with E-state index in [0.717, 1.165) is 25.6 Å². The molecular weight excluding hydrogens is 196 g/mol. The summed E-state index contributed by atoms with van der Waals surface area (Å²) in [5.74, 6) is 3.49. The average Bonchev–Trinajstić information content (AvgIpc) is 2.31. The lowest BCUT2D eigenvalue weighted by molar-refractivity contribution is 0.201. The molecule has 2 nitrogen and oxygen atoms in total. The van der Waals surface area contributed by atoms with Crippen molar-refractivity contribution in [2.75, 3.05) is 19.6 Å². The number of nitrogens with zero attached hydrogens (tertiary/aromatic N) is 1. The molecule has 1 rings (SSSR count). The molecule has 0 radical (unpaired) electrons. The second-order valence-corrected chi connectivity index (χ2v) is 5.10. The first-order valence-electron chi connectivity index (χ1n) is 6.59. The number of nitrogens with one attached hydrogen (secondary N) is 1. The summed E-state index contributed by atoms with van der Waals surface area (Å²) >= 11 is 0. The topological polar surface area (TPSA) is 15.3 Å². The van der Waals surface area contributed by atoms with Crippen LogP contribution in [-0.4, -0.2) is 36.6 Å². The maximum absolute atomic E-state index is 5.33. The summed E-state index contributed by atoms with van der Waals surface area (Å²) in [6, 6.07) is 1.33. The van der Waals surface area contributed by atoms with E-state index in [1.807, 2.05) is 0 Å². The fourth-order valence-electron chi connectivity index (χ4n) is 2.28. The highest BCUT2D eigenvalue weighted by Crippen LogP contribution is 2.13. The number of hydrogen-bond acceptors (Lipinski definition) is 2. The Morgan fingerprint density at radius 2 is 2.00 bits per heavy atom. The first-order chi connectivity index (χ1) is 7.67. The number of terminal acetylenes is 1. The first kappa shape index (κ1) is 13.5. The van der Waals surface area contributed by atoms with Gasteiger partial charge in [0, 0.05) is 25.2 Å². The van der Waals surface area contributed by atoms with Crippen molar-refractivity contribution in [3.8, 4) is 12.3 Å². The van der Waals surface area contributed by atoms with E-state index in [0.29, 0.717) is 12.1 Å². The molecule has 1 fully saturated rings. The third-order valence-corrected chi connectivity index (χ3v) is 3.90. The van der Waals surface area contributed by atoms with Crippen molar-refractivity contribution in [1.29, 1.82) is 0 Å². The molecule has 92 valence electrons. The SMILES string of the molecule is C#CCN1CCC(NC(C)C(C)CC)CC1. The maximum Gasteiger partial charge on any atom is 0.0598 e. The minimum Gasteiger partial charge on any atom is -0.311 e. The standard InChI is InChI=1S/C14H26N2/c1-5-9-16-10-7-14(8-11-16)15-13(4)12(3)6-2/h1,12-15H,6-11H2,2-4H3. The lowest BCUT2D eigenvalue weighted by atomic mass is 9.97. The van der Waals surface area contributed by atoms with Gasteiger partial charge in [-0.05, 0) is 25.7 Å². The van der Waals surface area contributed by atoms with Gasteiger partial charge < -0.3 is 5.32 Å². The van der Waals surface area contributed by atoms with Crippen molar-refractivity contribution in [3.05, 3.63) is 0 Å². The van der Waals surface area contributed by atoms with Crippen molar-refractivity contribution in [1.82, 2.24) is 10.2 Å². The van der Waals surface area contributed by atoms with Crippen molar-refractivity contribution in [2.24, 2.45) is 5.92 Å². The normalized spacial score (nSPS) is 22.6. The molecule has 0 spiro atoms. The molecule has 0 aliphatic carbocycles. The summed E-state index contributed by atoms with van der Waals surface area (Å²) in [6.07, 6.45) is 9.06. The summed E-state index contributed by atoms with van der Waals surface area (Å²) < 4.78 is 0. The molecule has 1 aliphatic heterocycles. The summed E-state index contributed by atoms with van der Waals surface area (Å²) in [7, 11) is 0. The number of piperidine rings is 1. The Bertz CT molecular complexity index is 223. The van der Waals surface area contributed by atoms with E-state index in [1.165, 1.54) is 19.3 Å². The second kappa shape index (κ2) is 6.93. The van der Waals surface area contributed by atoms with Crippen molar-refractivity contribution >= 4 is 0 Å². The molecule has 1 aliphatic rings. The Morgan fingerprint density at radius 3 is 2.50 bits per heavy atom. The minimum absolute atomic E-state index is 0.634. The minimum atomic E-state index is 0.634. The van der Waals surface area contributed by atoms with Crippen molar-refractivity contribution in [2.45, 2.75) is 52.1 Å². The number of rotatable bonds is 5. The third-order valence-electron chi connectivity index (χ3n) is 3.90. The van der Waals surface area contributed by atoms with Crippen LogP contribution in [0.4, 0.5) is 0 Å². The quantitative estimate of drug-likeness (QED) is 0.717. The third kappa shape index (κ3) is 4.15. The lowest BCUT2D eigenvalue weighted by Crippen LogP contribution is -2.47. The van der Waals surface area contributed by atoms with Crippen LogP contribution in [0.2, 0.25) is 0 Å². The smallest absolute Gasteiger partial charge is 0.0598 e. The molecule has 1 N–H and O–H groups in total. The summed E-state index contributed by atoms with van der Waals surface area (Å²) in [5, 5.41) is 3.75. The molecule has 1 heterocycles. The van der Waals surface area contributed by atoms with Gasteiger partial charge in [-0.15, -0.1) is 6.42 Å². The van der Waals surface area contributed by atoms with Gasteiger partial charge in [-0.1, -0.05) is 26.2 Å². The highest BCUT2D eigenvalue weighted by atomic mass is 15.1. The first-order valence-corrected chi connectivity index (χ1v) is 6.59. The molecule has 0 aromatic heterocycles. The highest BCUT2D eigenvalue weighted by molar-refractivity contribution is 4.90. The Kier molecular flexibility index (Phi) is 5.87. The molecular formula is C14H26N2. The molecule has 0 saturated carbocycles. The van der Waals surface area contributed by atoms with Gasteiger partial charge in [-0.25, -0.2) is 0 Å². The second-order valence-electron chi connectivity index (χ2n) is 5.10. The van der Waals surface area contributed by atoms with E-state index in [2.05, 4.69) is 36.9 Å². The van der Waals surface area contributed by atoms with Crippen LogP contribution in [0.25, 0.3) is 0 Å². The van der Waals surface area contributed by atoms with Crippen LogP contribution in [0.5, 0.6) is 0 Å². The zero-order chi connectivity index (χ0) is 12.0. The van der Waals surface area contributed by atoms with Crippen LogP contribution in [0.3, 0.4) is 0 Å². The van der Waals surface area contributed by atoms with Crippen LogP contribution in [0.1, 0.15) is 40.0 Å². The summed E-state index contributed by atoms with van der Waals surface area (Å²) in [5.41, 5.74) is 0. The predicted molar refractivity (Wildman–Crippen MR) is 70.3 cm³/mol. The average molecular weight is 222 g/mol. The van der Waals surface area contributed by atoms with E-state index < -0.39 is 0 Å². The van der Waals surface area contributed by atoms with Crippen LogP contribution in [0, 0.1) is 18.3 Å². The molecule has 2 unspecified atom stereocenters. The molecule has 16 heavy (non-hydrogen) atoms. The molecule has 2 atom stereocenters. The van der Waals surface area contributed by atoms with Gasteiger partial charge >= 0.3 is 0 Å². The van der Waals surface area contributed by atoms with Gasteiger partial charge in [0.1, 0.15) is 0 Å². The maximum atomic E-state index is 5.33. The van der Waals surface area contributed by atoms with Gasteiger partial charge in [-0.2, -0.15) is 0 Å². The predicted octanol–water partition coefficient (Wildman–Crippen LogP) is 2.11. The Labute approximate surface area is 101 Å². The van der Waals surface area contributed by atoms with Crippen molar-refractivity contribution < 1.29 is 0 Å². The lowest BCUT2D eigenvalue weighted by Gasteiger charge is -2.34. The summed E-state index contributed by atoms with van der Waals surface area (Å²) in [4.78, 5) is 2.37. The van der Waals surface area contributed by atoms with Gasteiger partial charge in [0.15, 0.2) is 0 Å². The molecule has 2 heteroatoms. The molecule has 0 aromatic carbocycles. The highest BCUT2D eigenvalue weighted by Gasteiger charge is 2.21. The van der Waals surface area contributed by atoms with E-state index in [1.54, 1.807) is 0 Å². The van der Waals surface area contributed by atoms with Crippen LogP contribution < -0.4 is 5.32 Å². The van der Waals surface area contributed by atoms with Crippen LogP contribution >= 0.6 is 0 Å². The molecule has 0 aromatic rings. The van der Waals surface area contributed by atoms with Crippen LogP contribution in [-0.2, 0) is 0 Å². The fraction of sp³-hybridized carbons (Fsp3) is 0.857. The van der Waals surface area contributed by atoms with Gasteiger partial charge in [0.05, 0.1) is 6.54 Å². The Morgan fingerprint density at radius 1 is 1.38 bits per heavy atom. The van der Waals surface area contributed by atoms with E-state index >= 15 is 0 Å². The summed E-state index contributed by atoms with van der Waals surface area (Å²) in [6.45, 7) is 10.0. The van der Waals surface area contributed by atoms with Crippen LogP contribution in [0.15, 0.2) is 0 Å². The Balaban J connectivity index is 2.24. The molecule has 0 amide bonds. The molecule has 1 saturated heterocycles. The zero-order valence-corrected chi connectivity index (χ0v) is 11.0. The number of likely N-dealkylation sites (tertiary alicyclic amines) is 1. The van der Waals surface area contributed by atoms with Gasteiger partial charge in [0.25, 0.3) is 0 Å². The molecule has 0 bridgehead atoms. The number of hydrogen-bond donors (Lipinski definition) is 1. The van der Waals surface area contributed by atoms with Crippen molar-refractivity contribution in [3.63, 3.8) is 0 Å². The van der Waals surface area contributed by atoms with Gasteiger partial charge in [-0.3, -0.25) is 4.90 Å². The largest absolute Gasteiger partial charge is 0.311 e. The van der Waals surface area contributed by atoms with E-state index in [9.17, 15) is 0 Å².